The highest BCUT2D eigenvalue weighted by Crippen LogP contribution is 2.27. The molecule has 1 saturated heterocycles. The smallest absolute Gasteiger partial charge is 0.289 e. The molecule has 1 aliphatic heterocycles. The Kier molecular flexibility index (Phi) is 6.48. The molecule has 3 aromatic rings. The van der Waals surface area contributed by atoms with Crippen molar-refractivity contribution in [3.8, 4) is 11.3 Å². The van der Waals surface area contributed by atoms with E-state index in [4.69, 9.17) is 8.94 Å². The standard InChI is InChI=1S/C23H27N3O5S/c1-17-22(32(28,29)26-13-6-7-14-26)16-21(30-17)23(27)25(2)12-8-11-19-15-20(24-31-19)18-9-4-3-5-10-18/h3-5,9-10,15-16H,6-8,11-14H2,1-2H3. The first-order chi connectivity index (χ1) is 15.4. The van der Waals surface area contributed by atoms with Crippen LogP contribution in [0.2, 0.25) is 0 Å². The summed E-state index contributed by atoms with van der Waals surface area (Å²) in [6, 6.07) is 13.0. The molecule has 9 heteroatoms. The average Bonchev–Trinajstić information content (AvgIpc) is 3.55. The number of carbonyl (C=O) groups excluding carboxylic acids is 1. The molecule has 0 radical (unpaired) electrons. The van der Waals surface area contributed by atoms with Gasteiger partial charge in [0.25, 0.3) is 5.91 Å². The van der Waals surface area contributed by atoms with Gasteiger partial charge in [0, 0.05) is 50.8 Å². The van der Waals surface area contributed by atoms with E-state index in [1.165, 1.54) is 15.3 Å². The molecule has 1 fully saturated rings. The molecule has 170 valence electrons. The molecule has 4 rings (SSSR count). The van der Waals surface area contributed by atoms with E-state index >= 15 is 0 Å². The molecule has 0 spiro atoms. The van der Waals surface area contributed by atoms with E-state index in [9.17, 15) is 13.2 Å². The van der Waals surface area contributed by atoms with Crippen molar-refractivity contribution in [2.24, 2.45) is 0 Å². The van der Waals surface area contributed by atoms with Crippen LogP contribution in [0.1, 0.15) is 41.3 Å². The topological polar surface area (TPSA) is 96.9 Å². The van der Waals surface area contributed by atoms with Crippen molar-refractivity contribution in [1.82, 2.24) is 14.4 Å². The number of aromatic nitrogens is 1. The monoisotopic (exact) mass is 457 g/mol. The second kappa shape index (κ2) is 9.30. The summed E-state index contributed by atoms with van der Waals surface area (Å²) in [6.07, 6.45) is 3.00. The molecule has 1 amide bonds. The van der Waals surface area contributed by atoms with Gasteiger partial charge in [0.2, 0.25) is 10.0 Å². The number of rotatable bonds is 8. The van der Waals surface area contributed by atoms with Gasteiger partial charge < -0.3 is 13.8 Å². The van der Waals surface area contributed by atoms with Crippen molar-refractivity contribution in [3.05, 3.63) is 59.7 Å². The van der Waals surface area contributed by atoms with Crippen LogP contribution in [0.4, 0.5) is 0 Å². The Hall–Kier alpha value is -2.91. The first-order valence-electron chi connectivity index (χ1n) is 10.7. The van der Waals surface area contributed by atoms with Crippen molar-refractivity contribution < 1.29 is 22.2 Å². The minimum atomic E-state index is -3.63. The van der Waals surface area contributed by atoms with Crippen LogP contribution in [0.3, 0.4) is 0 Å². The highest BCUT2D eigenvalue weighted by Gasteiger charge is 2.32. The summed E-state index contributed by atoms with van der Waals surface area (Å²) in [7, 11) is -1.96. The summed E-state index contributed by atoms with van der Waals surface area (Å²) in [5.41, 5.74) is 1.77. The molecule has 0 saturated carbocycles. The van der Waals surface area contributed by atoms with Crippen LogP contribution in [0.5, 0.6) is 0 Å². The number of hydrogen-bond donors (Lipinski definition) is 0. The van der Waals surface area contributed by atoms with E-state index in [1.807, 2.05) is 36.4 Å². The van der Waals surface area contributed by atoms with Crippen LogP contribution in [-0.4, -0.2) is 55.4 Å². The molecule has 1 aromatic carbocycles. The van der Waals surface area contributed by atoms with Crippen molar-refractivity contribution in [3.63, 3.8) is 0 Å². The number of furan rings is 1. The summed E-state index contributed by atoms with van der Waals surface area (Å²) in [6.45, 7) is 3.05. The highest BCUT2D eigenvalue weighted by molar-refractivity contribution is 7.89. The number of aryl methyl sites for hydroxylation is 2. The number of carbonyl (C=O) groups is 1. The fourth-order valence-electron chi connectivity index (χ4n) is 3.85. The van der Waals surface area contributed by atoms with Gasteiger partial charge in [-0.05, 0) is 26.2 Å². The van der Waals surface area contributed by atoms with Crippen molar-refractivity contribution >= 4 is 15.9 Å². The maximum Gasteiger partial charge on any atom is 0.289 e. The first-order valence-corrected chi connectivity index (χ1v) is 12.2. The molecule has 0 unspecified atom stereocenters. The maximum absolute atomic E-state index is 12.8. The minimum absolute atomic E-state index is 0.0359. The molecule has 0 bridgehead atoms. The van der Waals surface area contributed by atoms with E-state index in [2.05, 4.69) is 5.16 Å². The number of sulfonamides is 1. The fourth-order valence-corrected chi connectivity index (χ4v) is 5.53. The lowest BCUT2D eigenvalue weighted by Crippen LogP contribution is -2.28. The number of nitrogens with zero attached hydrogens (tertiary/aromatic N) is 3. The second-order valence-electron chi connectivity index (χ2n) is 8.02. The predicted octanol–water partition coefficient (Wildman–Crippen LogP) is 3.73. The van der Waals surface area contributed by atoms with Crippen LogP contribution in [0, 0.1) is 6.92 Å². The maximum atomic E-state index is 12.8. The third-order valence-electron chi connectivity index (χ3n) is 5.66. The van der Waals surface area contributed by atoms with Gasteiger partial charge >= 0.3 is 0 Å². The Morgan fingerprint density at radius 1 is 1.16 bits per heavy atom. The Balaban J connectivity index is 1.35. The summed E-state index contributed by atoms with van der Waals surface area (Å²) >= 11 is 0. The fraction of sp³-hybridized carbons (Fsp3) is 0.391. The number of amides is 1. The van der Waals surface area contributed by atoms with Gasteiger partial charge in [-0.3, -0.25) is 4.79 Å². The van der Waals surface area contributed by atoms with Crippen molar-refractivity contribution in [2.75, 3.05) is 26.7 Å². The Labute approximate surface area is 187 Å². The Bertz CT molecular complexity index is 1180. The van der Waals surface area contributed by atoms with Gasteiger partial charge in [0.05, 0.1) is 0 Å². The first kappa shape index (κ1) is 22.3. The van der Waals surface area contributed by atoms with Crippen LogP contribution < -0.4 is 0 Å². The van der Waals surface area contributed by atoms with Gasteiger partial charge in [-0.15, -0.1) is 0 Å². The highest BCUT2D eigenvalue weighted by atomic mass is 32.2. The third kappa shape index (κ3) is 4.63. The van der Waals surface area contributed by atoms with E-state index < -0.39 is 10.0 Å². The summed E-state index contributed by atoms with van der Waals surface area (Å²) in [4.78, 5) is 14.4. The molecular formula is C23H27N3O5S. The van der Waals surface area contributed by atoms with Crippen LogP contribution in [0.15, 0.2) is 56.3 Å². The zero-order valence-corrected chi connectivity index (χ0v) is 19.1. The van der Waals surface area contributed by atoms with E-state index in [0.29, 0.717) is 32.5 Å². The normalized spacial score (nSPS) is 14.7. The SMILES string of the molecule is Cc1oc(C(=O)N(C)CCCc2cc(-c3ccccc3)no2)cc1S(=O)(=O)N1CCCC1. The quantitative estimate of drug-likeness (QED) is 0.511. The molecule has 2 aromatic heterocycles. The van der Waals surface area contributed by atoms with Gasteiger partial charge in [0.15, 0.2) is 5.76 Å². The molecule has 3 heterocycles. The molecule has 8 nitrogen and oxygen atoms in total. The van der Waals surface area contributed by atoms with Gasteiger partial charge in [-0.1, -0.05) is 35.5 Å². The van der Waals surface area contributed by atoms with Crippen LogP contribution in [-0.2, 0) is 16.4 Å². The Morgan fingerprint density at radius 3 is 2.59 bits per heavy atom. The third-order valence-corrected chi connectivity index (χ3v) is 7.66. The molecule has 1 aliphatic rings. The molecule has 0 aliphatic carbocycles. The van der Waals surface area contributed by atoms with Crippen molar-refractivity contribution in [1.29, 1.82) is 0 Å². The minimum Gasteiger partial charge on any atom is -0.455 e. The van der Waals surface area contributed by atoms with Crippen LogP contribution >= 0.6 is 0 Å². The number of hydrogen-bond acceptors (Lipinski definition) is 6. The molecule has 0 atom stereocenters. The van der Waals surface area contributed by atoms with Gasteiger partial charge in [-0.25, -0.2) is 8.42 Å². The number of benzene rings is 1. The molecule has 0 N–H and O–H groups in total. The van der Waals surface area contributed by atoms with E-state index in [-0.39, 0.29) is 22.3 Å². The van der Waals surface area contributed by atoms with Crippen molar-refractivity contribution in [2.45, 2.75) is 37.5 Å². The zero-order valence-electron chi connectivity index (χ0n) is 18.3. The second-order valence-corrected chi connectivity index (χ2v) is 9.92. The average molecular weight is 458 g/mol. The Morgan fingerprint density at radius 2 is 1.88 bits per heavy atom. The van der Waals surface area contributed by atoms with Crippen LogP contribution in [0.25, 0.3) is 11.3 Å². The molecule has 32 heavy (non-hydrogen) atoms. The summed E-state index contributed by atoms with van der Waals surface area (Å²) in [5.74, 6) is 0.675. The predicted molar refractivity (Wildman–Crippen MR) is 119 cm³/mol. The van der Waals surface area contributed by atoms with E-state index in [1.54, 1.807) is 14.0 Å². The molecular weight excluding hydrogens is 430 g/mol. The van der Waals surface area contributed by atoms with E-state index in [0.717, 1.165) is 29.9 Å². The lowest BCUT2D eigenvalue weighted by Gasteiger charge is -2.15. The van der Waals surface area contributed by atoms with Gasteiger partial charge in [0.1, 0.15) is 22.1 Å². The lowest BCUT2D eigenvalue weighted by molar-refractivity contribution is 0.0760. The largest absolute Gasteiger partial charge is 0.455 e. The lowest BCUT2D eigenvalue weighted by atomic mass is 10.1. The zero-order chi connectivity index (χ0) is 22.7. The summed E-state index contributed by atoms with van der Waals surface area (Å²) < 4.78 is 38.0. The summed E-state index contributed by atoms with van der Waals surface area (Å²) in [5, 5.41) is 4.10. The van der Waals surface area contributed by atoms with Gasteiger partial charge in [-0.2, -0.15) is 4.31 Å².